The third kappa shape index (κ3) is 2.38. The van der Waals surface area contributed by atoms with Crippen molar-refractivity contribution in [2.45, 2.75) is 6.92 Å². The smallest absolute Gasteiger partial charge is 0.222 e. The van der Waals surface area contributed by atoms with Crippen molar-refractivity contribution in [1.82, 2.24) is 9.97 Å². The van der Waals surface area contributed by atoms with Crippen molar-refractivity contribution in [3.8, 4) is 10.6 Å². The minimum absolute atomic E-state index is 0.145. The molecule has 76 valence electrons. The molecule has 2 rings (SSSR count). The summed E-state index contributed by atoms with van der Waals surface area (Å²) in [6, 6.07) is 3.94. The molecule has 0 aromatic carbocycles. The van der Waals surface area contributed by atoms with Gasteiger partial charge in [0.15, 0.2) is 5.82 Å². The Kier molecular flexibility index (Phi) is 2.73. The SMILES string of the molecule is CC(=O)Nc1cnc(-c2cccs2)cn1. The van der Waals surface area contributed by atoms with Crippen molar-refractivity contribution in [3.63, 3.8) is 0 Å². The summed E-state index contributed by atoms with van der Waals surface area (Å²) in [4.78, 5) is 20.1. The summed E-state index contributed by atoms with van der Waals surface area (Å²) >= 11 is 1.61. The van der Waals surface area contributed by atoms with E-state index in [9.17, 15) is 4.79 Å². The van der Waals surface area contributed by atoms with Crippen LogP contribution in [0.2, 0.25) is 0 Å². The molecule has 0 bridgehead atoms. The highest BCUT2D eigenvalue weighted by Gasteiger charge is 2.01. The highest BCUT2D eigenvalue weighted by Crippen LogP contribution is 2.21. The van der Waals surface area contributed by atoms with Crippen molar-refractivity contribution in [2.24, 2.45) is 0 Å². The number of nitrogens with one attached hydrogen (secondary N) is 1. The fraction of sp³-hybridized carbons (Fsp3) is 0.100. The van der Waals surface area contributed by atoms with E-state index in [-0.39, 0.29) is 5.91 Å². The molecule has 0 spiro atoms. The fourth-order valence-corrected chi connectivity index (χ4v) is 1.81. The molecule has 2 aromatic rings. The Labute approximate surface area is 91.0 Å². The van der Waals surface area contributed by atoms with Crippen LogP contribution >= 0.6 is 11.3 Å². The summed E-state index contributed by atoms with van der Waals surface area (Å²) in [5.41, 5.74) is 0.819. The molecule has 5 heteroatoms. The van der Waals surface area contributed by atoms with E-state index in [4.69, 9.17) is 0 Å². The maximum absolute atomic E-state index is 10.7. The Morgan fingerprint density at radius 3 is 2.80 bits per heavy atom. The number of carbonyl (C=O) groups excluding carboxylic acids is 1. The summed E-state index contributed by atoms with van der Waals surface area (Å²) < 4.78 is 0. The van der Waals surface area contributed by atoms with Gasteiger partial charge in [0.1, 0.15) is 0 Å². The molecule has 0 aliphatic rings. The highest BCUT2D eigenvalue weighted by atomic mass is 32.1. The molecule has 1 amide bonds. The van der Waals surface area contributed by atoms with E-state index in [0.717, 1.165) is 10.6 Å². The molecular formula is C10H9N3OS. The van der Waals surface area contributed by atoms with Crippen LogP contribution in [0.5, 0.6) is 0 Å². The molecule has 1 N–H and O–H groups in total. The first-order valence-electron chi connectivity index (χ1n) is 4.39. The third-order valence-electron chi connectivity index (χ3n) is 1.73. The summed E-state index contributed by atoms with van der Waals surface area (Å²) in [5.74, 6) is 0.330. The van der Waals surface area contributed by atoms with Gasteiger partial charge in [0.2, 0.25) is 5.91 Å². The van der Waals surface area contributed by atoms with Gasteiger partial charge >= 0.3 is 0 Å². The van der Waals surface area contributed by atoms with E-state index >= 15 is 0 Å². The maximum atomic E-state index is 10.7. The van der Waals surface area contributed by atoms with Crippen molar-refractivity contribution >= 4 is 23.1 Å². The zero-order valence-corrected chi connectivity index (χ0v) is 8.91. The number of rotatable bonds is 2. The van der Waals surface area contributed by atoms with Gasteiger partial charge in [-0.2, -0.15) is 0 Å². The highest BCUT2D eigenvalue weighted by molar-refractivity contribution is 7.13. The second-order valence-corrected chi connectivity index (χ2v) is 3.89. The summed E-state index contributed by atoms with van der Waals surface area (Å²) in [5, 5.41) is 4.55. The van der Waals surface area contributed by atoms with Crippen molar-refractivity contribution in [2.75, 3.05) is 5.32 Å². The second kappa shape index (κ2) is 4.18. The Morgan fingerprint density at radius 2 is 2.27 bits per heavy atom. The lowest BCUT2D eigenvalue weighted by Crippen LogP contribution is -2.07. The predicted molar refractivity (Wildman–Crippen MR) is 59.6 cm³/mol. The summed E-state index contributed by atoms with van der Waals surface area (Å²) in [6.45, 7) is 1.44. The van der Waals surface area contributed by atoms with Crippen LogP contribution in [0, 0.1) is 0 Å². The van der Waals surface area contributed by atoms with Gasteiger partial charge in [-0.05, 0) is 11.4 Å². The minimum atomic E-state index is -0.145. The topological polar surface area (TPSA) is 54.9 Å². The number of anilines is 1. The normalized spacial score (nSPS) is 9.93. The van der Waals surface area contributed by atoms with Crippen LogP contribution < -0.4 is 5.32 Å². The van der Waals surface area contributed by atoms with E-state index in [0.29, 0.717) is 5.82 Å². The lowest BCUT2D eigenvalue weighted by molar-refractivity contribution is -0.114. The Bertz CT molecular complexity index is 450. The van der Waals surface area contributed by atoms with E-state index in [1.807, 2.05) is 17.5 Å². The molecule has 2 aromatic heterocycles. The van der Waals surface area contributed by atoms with Gasteiger partial charge in [-0.1, -0.05) is 6.07 Å². The van der Waals surface area contributed by atoms with Crippen LogP contribution in [0.3, 0.4) is 0 Å². The molecule has 2 heterocycles. The van der Waals surface area contributed by atoms with Crippen LogP contribution in [0.4, 0.5) is 5.82 Å². The lowest BCUT2D eigenvalue weighted by atomic mass is 10.3. The molecule has 0 saturated carbocycles. The van der Waals surface area contributed by atoms with Gasteiger partial charge in [0, 0.05) is 6.92 Å². The maximum Gasteiger partial charge on any atom is 0.222 e. The Hall–Kier alpha value is -1.75. The molecule has 0 aliphatic heterocycles. The van der Waals surface area contributed by atoms with Crippen LogP contribution in [-0.4, -0.2) is 15.9 Å². The molecule has 0 aliphatic carbocycles. The first kappa shape index (κ1) is 9.79. The number of amides is 1. The molecule has 0 atom stereocenters. The average Bonchev–Trinajstić information content (AvgIpc) is 2.71. The van der Waals surface area contributed by atoms with E-state index in [2.05, 4.69) is 15.3 Å². The molecule has 0 fully saturated rings. The summed E-state index contributed by atoms with van der Waals surface area (Å²) in [7, 11) is 0. The Balaban J connectivity index is 2.21. The van der Waals surface area contributed by atoms with Gasteiger partial charge in [0.05, 0.1) is 23.0 Å². The molecule has 0 radical (unpaired) electrons. The van der Waals surface area contributed by atoms with Crippen LogP contribution in [0.15, 0.2) is 29.9 Å². The van der Waals surface area contributed by atoms with Crippen molar-refractivity contribution in [1.29, 1.82) is 0 Å². The zero-order valence-electron chi connectivity index (χ0n) is 8.10. The average molecular weight is 219 g/mol. The number of carbonyl (C=O) groups is 1. The van der Waals surface area contributed by atoms with Gasteiger partial charge < -0.3 is 5.32 Å². The number of nitrogens with zero attached hydrogens (tertiary/aromatic N) is 2. The van der Waals surface area contributed by atoms with Gasteiger partial charge in [0.25, 0.3) is 0 Å². The standard InChI is InChI=1S/C10H9N3OS/c1-7(14)13-10-6-11-8(5-12-10)9-3-2-4-15-9/h2-6H,1H3,(H,12,13,14). The first-order valence-corrected chi connectivity index (χ1v) is 5.27. The van der Waals surface area contributed by atoms with Gasteiger partial charge in [-0.25, -0.2) is 9.97 Å². The zero-order chi connectivity index (χ0) is 10.7. The molecule has 0 saturated heterocycles. The van der Waals surface area contributed by atoms with Crippen LogP contribution in [0.25, 0.3) is 10.6 Å². The van der Waals surface area contributed by atoms with Crippen molar-refractivity contribution in [3.05, 3.63) is 29.9 Å². The van der Waals surface area contributed by atoms with E-state index in [1.165, 1.54) is 6.92 Å². The van der Waals surface area contributed by atoms with Crippen LogP contribution in [-0.2, 0) is 4.79 Å². The quantitative estimate of drug-likeness (QED) is 0.842. The first-order chi connectivity index (χ1) is 7.25. The number of hydrogen-bond donors (Lipinski definition) is 1. The molecule has 4 nitrogen and oxygen atoms in total. The summed E-state index contributed by atoms with van der Waals surface area (Å²) in [6.07, 6.45) is 3.20. The lowest BCUT2D eigenvalue weighted by Gasteiger charge is -2.00. The number of hydrogen-bond acceptors (Lipinski definition) is 4. The largest absolute Gasteiger partial charge is 0.310 e. The molecule has 15 heavy (non-hydrogen) atoms. The van der Waals surface area contributed by atoms with Crippen LogP contribution in [0.1, 0.15) is 6.92 Å². The predicted octanol–water partition coefficient (Wildman–Crippen LogP) is 2.16. The molecular weight excluding hydrogens is 210 g/mol. The fourth-order valence-electron chi connectivity index (χ4n) is 1.12. The van der Waals surface area contributed by atoms with E-state index < -0.39 is 0 Å². The van der Waals surface area contributed by atoms with Gasteiger partial charge in [-0.15, -0.1) is 11.3 Å². The minimum Gasteiger partial charge on any atom is -0.310 e. The molecule has 0 unspecified atom stereocenters. The van der Waals surface area contributed by atoms with Crippen molar-refractivity contribution < 1.29 is 4.79 Å². The number of aromatic nitrogens is 2. The third-order valence-corrected chi connectivity index (χ3v) is 2.62. The number of thiophene rings is 1. The van der Waals surface area contributed by atoms with Gasteiger partial charge in [-0.3, -0.25) is 4.79 Å². The monoisotopic (exact) mass is 219 g/mol. The Morgan fingerprint density at radius 1 is 1.40 bits per heavy atom. The second-order valence-electron chi connectivity index (χ2n) is 2.95. The van der Waals surface area contributed by atoms with E-state index in [1.54, 1.807) is 23.7 Å².